The highest BCUT2D eigenvalue weighted by Crippen LogP contribution is 2.63. The van der Waals surface area contributed by atoms with Gasteiger partial charge < -0.3 is 19.1 Å². The molecule has 0 atom stereocenters. The Morgan fingerprint density at radius 2 is 0.878 bits per heavy atom. The highest BCUT2D eigenvalue weighted by atomic mass is 16.5. The lowest BCUT2D eigenvalue weighted by atomic mass is 9.70. The average Bonchev–Trinajstić information content (AvgIpc) is 4.08. The molecule has 0 N–H and O–H groups in total. The van der Waals surface area contributed by atoms with Crippen molar-refractivity contribution in [2.24, 2.45) is 0 Å². The fourth-order valence-corrected chi connectivity index (χ4v) is 12.2. The van der Waals surface area contributed by atoms with Crippen LogP contribution in [0.4, 0.5) is 34.1 Å². The summed E-state index contributed by atoms with van der Waals surface area (Å²) in [7, 11) is 1.72. The Hall–Kier alpha value is -9.64. The molecule has 1 aromatic heterocycles. The normalized spacial score (nSPS) is 12.6. The molecule has 4 heteroatoms. The van der Waals surface area contributed by atoms with E-state index in [0.29, 0.717) is 0 Å². The number of rotatable bonds is 10. The molecule has 1 spiro atoms. The lowest BCUT2D eigenvalue weighted by molar-refractivity contribution is 0.415. The van der Waals surface area contributed by atoms with Crippen molar-refractivity contribution < 1.29 is 4.74 Å². The van der Waals surface area contributed by atoms with Crippen LogP contribution in [0.25, 0.3) is 66.9 Å². The van der Waals surface area contributed by atoms with E-state index in [-0.39, 0.29) is 0 Å². The van der Waals surface area contributed by atoms with Gasteiger partial charge in [0.25, 0.3) is 0 Å². The maximum Gasteiger partial charge on any atom is 0.119 e. The third-order valence-corrected chi connectivity index (χ3v) is 15.4. The van der Waals surface area contributed by atoms with Crippen LogP contribution in [0.5, 0.6) is 5.75 Å². The van der Waals surface area contributed by atoms with Gasteiger partial charge in [0, 0.05) is 50.6 Å². The quantitative estimate of drug-likeness (QED) is 0.136. The number of fused-ring (bicyclic) bond motifs is 13. The molecule has 0 amide bonds. The van der Waals surface area contributed by atoms with Crippen LogP contribution in [0.15, 0.2) is 267 Å². The molecule has 74 heavy (non-hydrogen) atoms. The maximum absolute atomic E-state index is 5.69. The summed E-state index contributed by atoms with van der Waals surface area (Å²) in [5.41, 5.74) is 22.8. The van der Waals surface area contributed by atoms with Crippen LogP contribution in [0.2, 0.25) is 0 Å². The summed E-state index contributed by atoms with van der Waals surface area (Å²) in [6.07, 6.45) is 1.89. The molecule has 2 aliphatic rings. The van der Waals surface area contributed by atoms with Crippen LogP contribution < -0.4 is 14.5 Å². The number of benzene rings is 11. The van der Waals surface area contributed by atoms with E-state index in [0.717, 1.165) is 73.3 Å². The van der Waals surface area contributed by atoms with E-state index in [1.165, 1.54) is 55.3 Å². The van der Waals surface area contributed by atoms with E-state index >= 15 is 0 Å². The lowest BCUT2D eigenvalue weighted by Crippen LogP contribution is -2.26. The summed E-state index contributed by atoms with van der Waals surface area (Å²) in [6, 6.07) is 95.6. The minimum atomic E-state index is -0.495. The second-order valence-electron chi connectivity index (χ2n) is 19.3. The first-order valence-corrected chi connectivity index (χ1v) is 25.3. The van der Waals surface area contributed by atoms with Crippen molar-refractivity contribution in [3.05, 3.63) is 295 Å². The first kappa shape index (κ1) is 43.2. The molecule has 0 aliphatic heterocycles. The molecule has 11 aromatic carbocycles. The second-order valence-corrected chi connectivity index (χ2v) is 19.3. The smallest absolute Gasteiger partial charge is 0.119 e. The molecule has 4 nitrogen and oxygen atoms in total. The van der Waals surface area contributed by atoms with Gasteiger partial charge in [0.05, 0.1) is 23.6 Å². The molecular weight excluding hydrogens is 899 g/mol. The Morgan fingerprint density at radius 1 is 0.378 bits per heavy atom. The summed E-state index contributed by atoms with van der Waals surface area (Å²) in [4.78, 5) is 4.80. The standard InChI is InChI=1S/C70H49N3O/c1-3-47-30-33-53(34-31-47)73-68-29-17-13-25-62(68)63-44-48(32-41-69(63)73)49-42-55(71(50-18-6-4-7-19-50)52-35-38-57(74-2)39-36-52)45-56(43-49)72(51-20-8-5-9-21-51)54-37-40-61-60-24-12-16-28-66(60)70(67(61)46-54)64-26-14-10-22-58(64)59-23-11-15-27-65(59)70/h3-46H,1H2,2H3. The Kier molecular flexibility index (Phi) is 10.1. The predicted octanol–water partition coefficient (Wildman–Crippen LogP) is 18.4. The molecule has 2 aliphatic carbocycles. The van der Waals surface area contributed by atoms with Crippen molar-refractivity contribution in [3.8, 4) is 44.8 Å². The molecule has 0 bridgehead atoms. The van der Waals surface area contributed by atoms with Crippen LogP contribution >= 0.6 is 0 Å². The largest absolute Gasteiger partial charge is 0.497 e. The highest BCUT2D eigenvalue weighted by Gasteiger charge is 2.51. The van der Waals surface area contributed by atoms with Gasteiger partial charge in [0.15, 0.2) is 0 Å². The minimum Gasteiger partial charge on any atom is -0.497 e. The topological polar surface area (TPSA) is 20.6 Å². The van der Waals surface area contributed by atoms with Gasteiger partial charge in [-0.25, -0.2) is 0 Å². The van der Waals surface area contributed by atoms with Gasteiger partial charge in [-0.05, 0) is 170 Å². The average molecular weight is 948 g/mol. The van der Waals surface area contributed by atoms with Crippen LogP contribution in [0.3, 0.4) is 0 Å². The number of para-hydroxylation sites is 3. The number of hydrogen-bond donors (Lipinski definition) is 0. The summed E-state index contributed by atoms with van der Waals surface area (Å²) in [5, 5.41) is 2.39. The van der Waals surface area contributed by atoms with Gasteiger partial charge in [-0.2, -0.15) is 0 Å². The maximum atomic E-state index is 5.69. The Balaban J connectivity index is 1.02. The lowest BCUT2D eigenvalue weighted by Gasteiger charge is -2.33. The molecule has 0 saturated carbocycles. The van der Waals surface area contributed by atoms with Crippen molar-refractivity contribution in [1.29, 1.82) is 0 Å². The zero-order valence-electron chi connectivity index (χ0n) is 40.9. The Labute approximate surface area is 431 Å². The zero-order valence-corrected chi connectivity index (χ0v) is 40.9. The highest BCUT2D eigenvalue weighted by molar-refractivity contribution is 6.11. The van der Waals surface area contributed by atoms with Gasteiger partial charge in [-0.3, -0.25) is 0 Å². The van der Waals surface area contributed by atoms with Crippen LogP contribution in [0, 0.1) is 0 Å². The van der Waals surface area contributed by atoms with E-state index < -0.39 is 5.41 Å². The first-order valence-electron chi connectivity index (χ1n) is 25.3. The van der Waals surface area contributed by atoms with Gasteiger partial charge >= 0.3 is 0 Å². The molecule has 14 rings (SSSR count). The number of nitrogens with zero attached hydrogens (tertiary/aromatic N) is 3. The van der Waals surface area contributed by atoms with Crippen molar-refractivity contribution in [3.63, 3.8) is 0 Å². The third-order valence-electron chi connectivity index (χ3n) is 15.4. The van der Waals surface area contributed by atoms with Crippen molar-refractivity contribution >= 4 is 62.0 Å². The number of hydrogen-bond acceptors (Lipinski definition) is 3. The Morgan fingerprint density at radius 3 is 1.47 bits per heavy atom. The van der Waals surface area contributed by atoms with E-state index in [1.807, 2.05) is 18.2 Å². The molecule has 0 saturated heterocycles. The molecule has 0 radical (unpaired) electrons. The summed E-state index contributed by atoms with van der Waals surface area (Å²) in [6.45, 7) is 4.00. The second kappa shape index (κ2) is 17.3. The van der Waals surface area contributed by atoms with Crippen molar-refractivity contribution in [1.82, 2.24) is 4.57 Å². The number of aromatic nitrogens is 1. The van der Waals surface area contributed by atoms with Gasteiger partial charge in [-0.15, -0.1) is 0 Å². The van der Waals surface area contributed by atoms with E-state index in [1.54, 1.807) is 7.11 Å². The molecule has 0 fully saturated rings. The molecule has 1 heterocycles. The van der Waals surface area contributed by atoms with Gasteiger partial charge in [0.2, 0.25) is 0 Å². The van der Waals surface area contributed by atoms with Crippen molar-refractivity contribution in [2.45, 2.75) is 5.41 Å². The van der Waals surface area contributed by atoms with Gasteiger partial charge in [0.1, 0.15) is 5.75 Å². The first-order chi connectivity index (χ1) is 36.6. The molecule has 0 unspecified atom stereocenters. The van der Waals surface area contributed by atoms with Crippen LogP contribution in [-0.2, 0) is 5.41 Å². The fourth-order valence-electron chi connectivity index (χ4n) is 12.2. The molecule has 350 valence electrons. The van der Waals surface area contributed by atoms with Crippen LogP contribution in [-0.4, -0.2) is 11.7 Å². The summed E-state index contributed by atoms with van der Waals surface area (Å²) >= 11 is 0. The Bertz CT molecular complexity index is 4070. The van der Waals surface area contributed by atoms with E-state index in [2.05, 4.69) is 270 Å². The van der Waals surface area contributed by atoms with Crippen LogP contribution in [0.1, 0.15) is 27.8 Å². The summed E-state index contributed by atoms with van der Waals surface area (Å²) < 4.78 is 8.06. The van der Waals surface area contributed by atoms with Gasteiger partial charge in [-0.1, -0.05) is 164 Å². The number of methoxy groups -OCH3 is 1. The predicted molar refractivity (Wildman–Crippen MR) is 309 cm³/mol. The number of anilines is 6. The fraction of sp³-hybridized carbons (Fsp3) is 0.0286. The SMILES string of the molecule is C=Cc1ccc(-n2c3ccccc3c3cc(-c4cc(N(c5ccccc5)c5ccc(OC)cc5)cc(N(c5ccccc5)c5ccc6c(c5)C5(c7ccccc7-c7ccccc75)c5ccccc5-6)c4)ccc32)cc1. The van der Waals surface area contributed by atoms with E-state index in [4.69, 9.17) is 4.74 Å². The summed E-state index contributed by atoms with van der Waals surface area (Å²) in [5.74, 6) is 0.805. The minimum absolute atomic E-state index is 0.495. The monoisotopic (exact) mass is 947 g/mol. The third kappa shape index (κ3) is 6.62. The molecular formula is C70H49N3O. The molecule has 12 aromatic rings. The zero-order chi connectivity index (χ0) is 49.3. The number of ether oxygens (including phenoxy) is 1. The van der Waals surface area contributed by atoms with Crippen molar-refractivity contribution in [2.75, 3.05) is 16.9 Å². The van der Waals surface area contributed by atoms with E-state index in [9.17, 15) is 0 Å².